The van der Waals surface area contributed by atoms with Gasteiger partial charge in [0.15, 0.2) is 0 Å². The molecule has 1 atom stereocenters. The van der Waals surface area contributed by atoms with Crippen LogP contribution in [-0.2, 0) is 0 Å². The lowest BCUT2D eigenvalue weighted by Gasteiger charge is -2.16. The molecule has 1 N–H and O–H groups in total. The average molecular weight is 695 g/mol. The molecule has 0 saturated carbocycles. The highest BCUT2D eigenvalue weighted by molar-refractivity contribution is 7.20. The number of rotatable bonds is 9. The van der Waals surface area contributed by atoms with Crippen molar-refractivity contribution in [3.63, 3.8) is 0 Å². The Morgan fingerprint density at radius 1 is 0.882 bits per heavy atom. The molecule has 6 rings (SSSR count). The van der Waals surface area contributed by atoms with Crippen LogP contribution >= 0.6 is 11.3 Å². The summed E-state index contributed by atoms with van der Waals surface area (Å²) in [5.74, 6) is 0.126. The van der Waals surface area contributed by atoms with Gasteiger partial charge in [-0.25, -0.2) is 4.98 Å². The number of aliphatic hydroxyl groups excluding tert-OH is 1. The van der Waals surface area contributed by atoms with Crippen molar-refractivity contribution < 1.29 is 5.11 Å². The number of thiazole rings is 1. The van der Waals surface area contributed by atoms with Crippen LogP contribution in [-0.4, -0.2) is 21.3 Å². The molecule has 3 nitrogen and oxygen atoms in total. The first-order chi connectivity index (χ1) is 25.0. The van der Waals surface area contributed by atoms with Crippen LogP contribution in [0.5, 0.6) is 0 Å². The fourth-order valence-electron chi connectivity index (χ4n) is 5.99. The maximum Gasteiger partial charge on any atom is 0.124 e. The predicted octanol–water partition coefficient (Wildman–Crippen LogP) is 13.9. The molecule has 0 bridgehead atoms. The van der Waals surface area contributed by atoms with E-state index >= 15 is 0 Å². The van der Waals surface area contributed by atoms with E-state index in [-0.39, 0.29) is 12.5 Å². The third-order valence-electron chi connectivity index (χ3n) is 8.25. The average Bonchev–Trinajstić information content (AvgIpc) is 3.70. The highest BCUT2D eigenvalue weighted by atomic mass is 32.1. The second-order valence-electron chi connectivity index (χ2n) is 11.2. The van der Waals surface area contributed by atoms with Crippen molar-refractivity contribution in [2.45, 2.75) is 54.9 Å². The first-order valence-electron chi connectivity index (χ1n) is 18.0. The normalized spacial score (nSPS) is 13.7. The topological polar surface area (TPSA) is 38.0 Å². The first kappa shape index (κ1) is 40.4. The highest BCUT2D eigenvalue weighted by Crippen LogP contribution is 2.42. The highest BCUT2D eigenvalue weighted by Gasteiger charge is 2.21. The van der Waals surface area contributed by atoms with Crippen molar-refractivity contribution in [3.8, 4) is 11.1 Å². The van der Waals surface area contributed by atoms with Gasteiger partial charge in [0.05, 0.1) is 27.9 Å². The Bertz CT molecular complexity index is 2130. The fraction of sp³-hybridized carbons (Fsp3) is 0.213. The van der Waals surface area contributed by atoms with E-state index in [2.05, 4.69) is 122 Å². The minimum Gasteiger partial charge on any atom is -0.392 e. The van der Waals surface area contributed by atoms with Crippen LogP contribution in [0.3, 0.4) is 0 Å². The predicted molar refractivity (Wildman–Crippen MR) is 230 cm³/mol. The Balaban J connectivity index is 0.00000111. The molecule has 2 aromatic heterocycles. The van der Waals surface area contributed by atoms with Crippen molar-refractivity contribution in [1.82, 2.24) is 9.55 Å². The van der Waals surface area contributed by atoms with E-state index in [4.69, 9.17) is 4.98 Å². The summed E-state index contributed by atoms with van der Waals surface area (Å²) in [6.07, 6.45) is 23.8. The number of hydrogen-bond donors (Lipinski definition) is 1. The minimum atomic E-state index is 0.00760. The molecule has 51 heavy (non-hydrogen) atoms. The number of aliphatic hydroxyl groups is 1. The zero-order valence-corrected chi connectivity index (χ0v) is 32.3. The Morgan fingerprint density at radius 2 is 1.59 bits per heavy atom. The maximum absolute atomic E-state index is 10.4. The molecule has 1 aliphatic rings. The number of fused-ring (bicyclic) bond motifs is 5. The second-order valence-corrected chi connectivity index (χ2v) is 12.2. The number of aromatic nitrogens is 2. The molecule has 0 fully saturated rings. The van der Waals surface area contributed by atoms with E-state index in [1.165, 1.54) is 21.9 Å². The number of allylic oxidation sites excluding steroid dienone is 13. The molecular formula is C47H54N2OS. The second kappa shape index (κ2) is 20.6. The number of benzene rings is 3. The SMILES string of the molecule is C=C.C=C(/C=C\C=C/C)c1nc2ccc3c4cc(-c5ccccc5)ccc4n(C4=CCC=C(CO)C(C(C)/C=C\C=C/C)=C4)c3c2s1.CC.CC. The number of hydrogen-bond acceptors (Lipinski definition) is 3. The summed E-state index contributed by atoms with van der Waals surface area (Å²) in [5, 5.41) is 13.7. The zero-order valence-electron chi connectivity index (χ0n) is 31.5. The molecule has 0 radical (unpaired) electrons. The van der Waals surface area contributed by atoms with E-state index in [9.17, 15) is 5.11 Å². The van der Waals surface area contributed by atoms with Crippen molar-refractivity contribution in [3.05, 3.63) is 163 Å². The Hall–Kier alpha value is -5.03. The summed E-state index contributed by atoms with van der Waals surface area (Å²) >= 11 is 1.69. The maximum atomic E-state index is 10.4. The lowest BCUT2D eigenvalue weighted by molar-refractivity contribution is 0.331. The van der Waals surface area contributed by atoms with Gasteiger partial charge in [-0.15, -0.1) is 24.5 Å². The van der Waals surface area contributed by atoms with Crippen molar-refractivity contribution in [1.29, 1.82) is 0 Å². The smallest absolute Gasteiger partial charge is 0.124 e. The third-order valence-corrected chi connectivity index (χ3v) is 9.41. The van der Waals surface area contributed by atoms with Gasteiger partial charge in [-0.05, 0) is 78.8 Å². The van der Waals surface area contributed by atoms with Gasteiger partial charge in [0.2, 0.25) is 0 Å². The van der Waals surface area contributed by atoms with Crippen molar-refractivity contribution in [2.24, 2.45) is 5.92 Å². The van der Waals surface area contributed by atoms with Crippen molar-refractivity contribution >= 4 is 54.6 Å². The standard InChI is InChI=1S/C41H38N2OS.2C2H6.C2H4/c1-5-7-10-15-28(3)35-26-33(20-14-19-32(35)27-44)43-38-24-21-31(30-17-12-9-13-18-30)25-36(38)34-22-23-37-40(39(34)43)45-41(42-37)29(4)16-11-8-6-2;3*1-2/h5-13,15-26,28,44H,4,14,27H2,1-3H3;2*1-2H3;1-2H2/b7-5-,8-6-,15-10-,16-11-;;;. The molecule has 4 heteroatoms. The molecule has 0 spiro atoms. The zero-order chi connectivity index (χ0) is 37.3. The van der Waals surface area contributed by atoms with Gasteiger partial charge in [-0.3, -0.25) is 0 Å². The van der Waals surface area contributed by atoms with Crippen LogP contribution in [0.25, 0.3) is 54.4 Å². The van der Waals surface area contributed by atoms with Crippen LogP contribution in [0.1, 0.15) is 59.9 Å². The summed E-state index contributed by atoms with van der Waals surface area (Å²) < 4.78 is 3.54. The van der Waals surface area contributed by atoms with Gasteiger partial charge in [0, 0.05) is 22.0 Å². The van der Waals surface area contributed by atoms with E-state index in [1.54, 1.807) is 11.3 Å². The lowest BCUT2D eigenvalue weighted by atomic mass is 9.93. The molecule has 3 aromatic carbocycles. The Labute approximate surface area is 310 Å². The molecule has 5 aromatic rings. The number of nitrogens with zero attached hydrogens (tertiary/aromatic N) is 2. The molecule has 0 saturated heterocycles. The van der Waals surface area contributed by atoms with E-state index in [1.807, 2.05) is 78.0 Å². The molecule has 2 heterocycles. The van der Waals surface area contributed by atoms with Gasteiger partial charge in [-0.1, -0.05) is 138 Å². The van der Waals surface area contributed by atoms with E-state index < -0.39 is 0 Å². The summed E-state index contributed by atoms with van der Waals surface area (Å²) in [6, 6.07) is 21.7. The summed E-state index contributed by atoms with van der Waals surface area (Å²) in [6.45, 7) is 24.5. The first-order valence-corrected chi connectivity index (χ1v) is 18.8. The van der Waals surface area contributed by atoms with Crippen molar-refractivity contribution in [2.75, 3.05) is 6.61 Å². The van der Waals surface area contributed by atoms with Gasteiger partial charge >= 0.3 is 0 Å². The molecule has 1 unspecified atom stereocenters. The quantitative estimate of drug-likeness (QED) is 0.123. The van der Waals surface area contributed by atoms with Gasteiger partial charge in [0.1, 0.15) is 5.01 Å². The molecular weight excluding hydrogens is 641 g/mol. The minimum absolute atomic E-state index is 0.00760. The van der Waals surface area contributed by atoms with Gasteiger partial charge in [-0.2, -0.15) is 0 Å². The van der Waals surface area contributed by atoms with E-state index in [0.29, 0.717) is 0 Å². The molecule has 0 aliphatic heterocycles. The van der Waals surface area contributed by atoms with Gasteiger partial charge in [0.25, 0.3) is 0 Å². The third kappa shape index (κ3) is 9.21. The Morgan fingerprint density at radius 3 is 2.27 bits per heavy atom. The summed E-state index contributed by atoms with van der Waals surface area (Å²) in [5.41, 5.74) is 9.72. The lowest BCUT2D eigenvalue weighted by Crippen LogP contribution is -2.04. The van der Waals surface area contributed by atoms with Crippen LogP contribution in [0.15, 0.2) is 158 Å². The van der Waals surface area contributed by atoms with E-state index in [0.717, 1.165) is 55.1 Å². The monoisotopic (exact) mass is 694 g/mol. The van der Waals surface area contributed by atoms with Crippen LogP contribution in [0.4, 0.5) is 0 Å². The Kier molecular flexibility index (Phi) is 16.3. The van der Waals surface area contributed by atoms with Crippen LogP contribution in [0, 0.1) is 5.92 Å². The molecule has 1 aliphatic carbocycles. The summed E-state index contributed by atoms with van der Waals surface area (Å²) in [7, 11) is 0. The molecule has 264 valence electrons. The molecule has 0 amide bonds. The summed E-state index contributed by atoms with van der Waals surface area (Å²) in [4.78, 5) is 5.03. The largest absolute Gasteiger partial charge is 0.392 e. The fourth-order valence-corrected chi connectivity index (χ4v) is 7.04. The van der Waals surface area contributed by atoms with Crippen LogP contribution in [0.2, 0.25) is 0 Å². The van der Waals surface area contributed by atoms with Crippen LogP contribution < -0.4 is 0 Å². The van der Waals surface area contributed by atoms with Gasteiger partial charge < -0.3 is 9.67 Å².